The highest BCUT2D eigenvalue weighted by Gasteiger charge is 2.56. The molecule has 0 aromatic heterocycles. The zero-order chi connectivity index (χ0) is 23.8. The molecule has 180 valence electrons. The first-order chi connectivity index (χ1) is 15.3. The van der Waals surface area contributed by atoms with E-state index in [1.54, 1.807) is 9.80 Å². The van der Waals surface area contributed by atoms with E-state index in [2.05, 4.69) is 5.32 Å². The SMILES string of the molecule is CS(=O)(=O)c1cc(C(F)(F)F)ccc1CC1CC2(C1)CN(C(=O)N1CC3(CCC(=O)N3)C1)C2. The summed E-state index contributed by atoms with van der Waals surface area (Å²) < 4.78 is 63.3. The number of sulfone groups is 1. The Balaban J connectivity index is 1.15. The van der Waals surface area contributed by atoms with Gasteiger partial charge in [-0.15, -0.1) is 0 Å². The van der Waals surface area contributed by atoms with Gasteiger partial charge in [0.25, 0.3) is 0 Å². The molecule has 0 bridgehead atoms. The second-order valence-electron chi connectivity index (χ2n) is 10.4. The van der Waals surface area contributed by atoms with Gasteiger partial charge in [-0.05, 0) is 49.3 Å². The summed E-state index contributed by atoms with van der Waals surface area (Å²) in [6.45, 7) is 2.38. The maximum Gasteiger partial charge on any atom is 0.416 e. The number of halogens is 3. The summed E-state index contributed by atoms with van der Waals surface area (Å²) in [5.41, 5.74) is -0.755. The number of hydrogen-bond acceptors (Lipinski definition) is 4. The van der Waals surface area contributed by atoms with Crippen LogP contribution < -0.4 is 5.32 Å². The van der Waals surface area contributed by atoms with Gasteiger partial charge in [-0.25, -0.2) is 13.2 Å². The maximum absolute atomic E-state index is 13.0. The summed E-state index contributed by atoms with van der Waals surface area (Å²) in [6, 6.07) is 2.94. The highest BCUT2D eigenvalue weighted by Crippen LogP contribution is 2.53. The third kappa shape index (κ3) is 3.98. The third-order valence-electron chi connectivity index (χ3n) is 7.56. The minimum Gasteiger partial charge on any atom is -0.347 e. The van der Waals surface area contributed by atoms with Crippen molar-refractivity contribution in [2.24, 2.45) is 11.3 Å². The van der Waals surface area contributed by atoms with Crippen LogP contribution in [0.2, 0.25) is 0 Å². The largest absolute Gasteiger partial charge is 0.416 e. The fraction of sp³-hybridized carbons (Fsp3) is 0.636. The van der Waals surface area contributed by atoms with Crippen molar-refractivity contribution in [3.8, 4) is 0 Å². The Morgan fingerprint density at radius 1 is 1.15 bits per heavy atom. The lowest BCUT2D eigenvalue weighted by Crippen LogP contribution is -2.73. The van der Waals surface area contributed by atoms with Gasteiger partial charge in [-0.3, -0.25) is 4.79 Å². The molecule has 4 fully saturated rings. The minimum absolute atomic E-state index is 0.0158. The number of rotatable bonds is 3. The van der Waals surface area contributed by atoms with E-state index >= 15 is 0 Å². The predicted octanol–water partition coefficient (Wildman–Crippen LogP) is 2.45. The van der Waals surface area contributed by atoms with Crippen LogP contribution in [-0.4, -0.2) is 68.1 Å². The van der Waals surface area contributed by atoms with E-state index in [1.165, 1.54) is 6.07 Å². The van der Waals surface area contributed by atoms with Crippen molar-refractivity contribution in [1.29, 1.82) is 0 Å². The number of likely N-dealkylation sites (tertiary alicyclic amines) is 2. The summed E-state index contributed by atoms with van der Waals surface area (Å²) in [5.74, 6) is 0.220. The van der Waals surface area contributed by atoms with E-state index in [4.69, 9.17) is 0 Å². The molecule has 2 spiro atoms. The molecule has 11 heteroatoms. The van der Waals surface area contributed by atoms with Crippen LogP contribution in [0.25, 0.3) is 0 Å². The molecular weight excluding hydrogens is 459 g/mol. The molecule has 1 N–H and O–H groups in total. The highest BCUT2D eigenvalue weighted by molar-refractivity contribution is 7.90. The van der Waals surface area contributed by atoms with Gasteiger partial charge in [0.2, 0.25) is 5.91 Å². The van der Waals surface area contributed by atoms with Crippen LogP contribution >= 0.6 is 0 Å². The average molecular weight is 486 g/mol. The number of urea groups is 1. The third-order valence-corrected chi connectivity index (χ3v) is 8.74. The number of benzene rings is 1. The molecule has 3 amide bonds. The van der Waals surface area contributed by atoms with Crippen LogP contribution in [0, 0.1) is 11.3 Å². The van der Waals surface area contributed by atoms with Crippen molar-refractivity contribution in [2.45, 2.75) is 48.7 Å². The van der Waals surface area contributed by atoms with Crippen molar-refractivity contribution in [2.75, 3.05) is 32.4 Å². The number of alkyl halides is 3. The number of carbonyl (C=O) groups excluding carboxylic acids is 2. The van der Waals surface area contributed by atoms with Gasteiger partial charge in [-0.2, -0.15) is 13.2 Å². The summed E-state index contributed by atoms with van der Waals surface area (Å²) >= 11 is 0. The molecule has 0 atom stereocenters. The second kappa shape index (κ2) is 7.10. The Bertz CT molecular complexity index is 1110. The topological polar surface area (TPSA) is 86.8 Å². The van der Waals surface area contributed by atoms with Gasteiger partial charge < -0.3 is 15.1 Å². The molecule has 33 heavy (non-hydrogen) atoms. The summed E-state index contributed by atoms with van der Waals surface area (Å²) in [6.07, 6.45) is -0.343. The normalized spacial score (nSPS) is 23.8. The quantitative estimate of drug-likeness (QED) is 0.713. The van der Waals surface area contributed by atoms with Crippen LogP contribution in [0.5, 0.6) is 0 Å². The molecule has 5 rings (SSSR count). The summed E-state index contributed by atoms with van der Waals surface area (Å²) in [7, 11) is -3.79. The van der Waals surface area contributed by atoms with Crippen LogP contribution in [0.4, 0.5) is 18.0 Å². The van der Waals surface area contributed by atoms with Gasteiger partial charge in [0.15, 0.2) is 9.84 Å². The summed E-state index contributed by atoms with van der Waals surface area (Å²) in [5, 5.41) is 2.96. The van der Waals surface area contributed by atoms with Crippen LogP contribution in [-0.2, 0) is 27.2 Å². The molecule has 1 saturated carbocycles. The first kappa shape index (κ1) is 22.5. The van der Waals surface area contributed by atoms with E-state index in [9.17, 15) is 31.2 Å². The van der Waals surface area contributed by atoms with E-state index in [0.29, 0.717) is 44.6 Å². The highest BCUT2D eigenvalue weighted by atomic mass is 32.2. The Labute approximate surface area is 190 Å². The zero-order valence-corrected chi connectivity index (χ0v) is 19.1. The number of amides is 3. The lowest BCUT2D eigenvalue weighted by Gasteiger charge is -2.61. The van der Waals surface area contributed by atoms with Gasteiger partial charge in [0, 0.05) is 44.3 Å². The van der Waals surface area contributed by atoms with Crippen LogP contribution in [0.15, 0.2) is 23.1 Å². The van der Waals surface area contributed by atoms with Gasteiger partial charge in [0.05, 0.1) is 16.0 Å². The number of carbonyl (C=O) groups is 2. The molecule has 3 heterocycles. The fourth-order valence-electron chi connectivity index (χ4n) is 6.05. The molecule has 1 aliphatic carbocycles. The average Bonchev–Trinajstić information content (AvgIpc) is 3.01. The van der Waals surface area contributed by atoms with Crippen molar-refractivity contribution in [3.05, 3.63) is 29.3 Å². The molecule has 1 aromatic rings. The fourth-order valence-corrected chi connectivity index (χ4v) is 7.02. The lowest BCUT2D eigenvalue weighted by molar-refractivity contribution is -0.137. The molecule has 7 nitrogen and oxygen atoms in total. The van der Waals surface area contributed by atoms with E-state index in [-0.39, 0.29) is 33.7 Å². The molecule has 4 aliphatic rings. The smallest absolute Gasteiger partial charge is 0.347 e. The van der Waals surface area contributed by atoms with Crippen molar-refractivity contribution < 1.29 is 31.2 Å². The number of nitrogens with zero attached hydrogens (tertiary/aromatic N) is 2. The van der Waals surface area contributed by atoms with Crippen molar-refractivity contribution >= 4 is 21.8 Å². The van der Waals surface area contributed by atoms with Crippen molar-refractivity contribution in [1.82, 2.24) is 15.1 Å². The molecule has 1 aromatic carbocycles. The number of hydrogen-bond donors (Lipinski definition) is 1. The molecule has 0 radical (unpaired) electrons. The van der Waals surface area contributed by atoms with Gasteiger partial charge in [-0.1, -0.05) is 6.07 Å². The Kier molecular flexibility index (Phi) is 4.84. The van der Waals surface area contributed by atoms with Crippen LogP contribution in [0.3, 0.4) is 0 Å². The van der Waals surface area contributed by atoms with E-state index < -0.39 is 21.6 Å². The second-order valence-corrected chi connectivity index (χ2v) is 12.4. The molecule has 0 unspecified atom stereocenters. The Hall–Kier alpha value is -2.30. The molecule has 3 saturated heterocycles. The first-order valence-corrected chi connectivity index (χ1v) is 12.9. The Morgan fingerprint density at radius 2 is 1.79 bits per heavy atom. The van der Waals surface area contributed by atoms with Crippen molar-refractivity contribution in [3.63, 3.8) is 0 Å². The molecule has 3 aliphatic heterocycles. The van der Waals surface area contributed by atoms with Gasteiger partial charge in [0.1, 0.15) is 0 Å². The Morgan fingerprint density at radius 3 is 2.33 bits per heavy atom. The lowest BCUT2D eigenvalue weighted by atomic mass is 9.56. The molecular formula is C22H26F3N3O4S. The minimum atomic E-state index is -4.60. The number of nitrogens with one attached hydrogen (secondary N) is 1. The standard InChI is InChI=1S/C22H26F3N3O4S/c1-33(31,32)17-7-16(22(23,24)25)3-2-15(17)6-14-8-20(9-14)10-27(11-20)19(30)28-12-21(13-28)5-4-18(29)26-21/h2-3,7,14H,4-6,8-13H2,1H3,(H,26,29). The maximum atomic E-state index is 13.0. The predicted molar refractivity (Wildman–Crippen MR) is 112 cm³/mol. The first-order valence-electron chi connectivity index (χ1n) is 11.0. The van der Waals surface area contributed by atoms with E-state index in [0.717, 1.165) is 37.7 Å². The zero-order valence-electron chi connectivity index (χ0n) is 18.2. The van der Waals surface area contributed by atoms with Crippen LogP contribution in [0.1, 0.15) is 36.8 Å². The van der Waals surface area contributed by atoms with E-state index in [1.807, 2.05) is 0 Å². The summed E-state index contributed by atoms with van der Waals surface area (Å²) in [4.78, 5) is 27.4. The van der Waals surface area contributed by atoms with Gasteiger partial charge >= 0.3 is 12.2 Å². The monoisotopic (exact) mass is 485 g/mol.